The molecule has 2 nitrogen and oxygen atoms in total. The Balaban J connectivity index is 1.83. The van der Waals surface area contributed by atoms with Crippen LogP contribution >= 0.6 is 23.2 Å². The van der Waals surface area contributed by atoms with Crippen molar-refractivity contribution in [1.29, 1.82) is 0 Å². The quantitative estimate of drug-likeness (QED) is 0.866. The first-order valence-electron chi connectivity index (χ1n) is 7.53. The first kappa shape index (κ1) is 16.1. The van der Waals surface area contributed by atoms with Crippen molar-refractivity contribution in [3.8, 4) is 0 Å². The van der Waals surface area contributed by atoms with Gasteiger partial charge < -0.3 is 10.6 Å². The zero-order valence-electron chi connectivity index (χ0n) is 12.1. The molecule has 2 N–H and O–H groups in total. The van der Waals surface area contributed by atoms with Gasteiger partial charge in [0.1, 0.15) is 0 Å². The van der Waals surface area contributed by atoms with Gasteiger partial charge >= 0.3 is 0 Å². The molecule has 1 aliphatic heterocycles. The molecule has 1 aromatic carbocycles. The van der Waals surface area contributed by atoms with E-state index in [0.717, 1.165) is 24.4 Å². The Morgan fingerprint density at radius 2 is 2.00 bits per heavy atom. The number of halogens is 2. The van der Waals surface area contributed by atoms with Crippen LogP contribution in [0.5, 0.6) is 0 Å². The minimum Gasteiger partial charge on any atom is -0.324 e. The molecule has 0 aromatic heterocycles. The highest BCUT2D eigenvalue weighted by molar-refractivity contribution is 6.42. The number of piperidine rings is 1. The molecule has 0 spiro atoms. The highest BCUT2D eigenvalue weighted by Gasteiger charge is 2.19. The van der Waals surface area contributed by atoms with Gasteiger partial charge in [-0.15, -0.1) is 0 Å². The van der Waals surface area contributed by atoms with E-state index < -0.39 is 0 Å². The van der Waals surface area contributed by atoms with Crippen molar-refractivity contribution >= 4 is 23.2 Å². The number of likely N-dealkylation sites (tertiary alicyclic amines) is 1. The van der Waals surface area contributed by atoms with Gasteiger partial charge in [0.05, 0.1) is 10.0 Å². The summed E-state index contributed by atoms with van der Waals surface area (Å²) in [7, 11) is 0. The van der Waals surface area contributed by atoms with Crippen LogP contribution in [0.15, 0.2) is 18.2 Å². The van der Waals surface area contributed by atoms with Crippen molar-refractivity contribution in [2.24, 2.45) is 11.7 Å². The maximum absolute atomic E-state index is 6.27. The predicted octanol–water partition coefficient (Wildman–Crippen LogP) is 4.51. The minimum absolute atomic E-state index is 0.0369. The predicted molar refractivity (Wildman–Crippen MR) is 87.5 cm³/mol. The Morgan fingerprint density at radius 1 is 1.30 bits per heavy atom. The summed E-state index contributed by atoms with van der Waals surface area (Å²) in [5, 5.41) is 1.19. The average Bonchev–Trinajstić information content (AvgIpc) is 2.48. The van der Waals surface area contributed by atoms with Gasteiger partial charge in [-0.05, 0) is 56.4 Å². The Kier molecular flexibility index (Phi) is 6.16. The summed E-state index contributed by atoms with van der Waals surface area (Å²) in [5.41, 5.74) is 7.23. The van der Waals surface area contributed by atoms with E-state index in [9.17, 15) is 0 Å². The van der Waals surface area contributed by atoms with E-state index in [-0.39, 0.29) is 6.04 Å². The third-order valence-electron chi connectivity index (χ3n) is 4.42. The molecule has 20 heavy (non-hydrogen) atoms. The van der Waals surface area contributed by atoms with E-state index in [1.807, 2.05) is 12.1 Å². The molecule has 1 aromatic rings. The van der Waals surface area contributed by atoms with E-state index in [1.54, 1.807) is 6.07 Å². The molecule has 0 aliphatic carbocycles. The molecule has 1 unspecified atom stereocenters. The number of nitrogens with zero attached hydrogens (tertiary/aromatic N) is 1. The molecule has 0 radical (unpaired) electrons. The summed E-state index contributed by atoms with van der Waals surface area (Å²) in [5.74, 6) is 0.919. The molecular weight excluding hydrogens is 291 g/mol. The van der Waals surface area contributed by atoms with Crippen LogP contribution < -0.4 is 5.73 Å². The fourth-order valence-corrected chi connectivity index (χ4v) is 3.35. The van der Waals surface area contributed by atoms with Crippen molar-refractivity contribution in [1.82, 2.24) is 4.90 Å². The van der Waals surface area contributed by atoms with Crippen molar-refractivity contribution in [3.63, 3.8) is 0 Å². The van der Waals surface area contributed by atoms with Crippen molar-refractivity contribution < 1.29 is 0 Å². The summed E-state index contributed by atoms with van der Waals surface area (Å²) in [4.78, 5) is 2.52. The van der Waals surface area contributed by atoms with Gasteiger partial charge in [0.15, 0.2) is 0 Å². The molecule has 0 bridgehead atoms. The first-order valence-corrected chi connectivity index (χ1v) is 8.29. The second-order valence-electron chi connectivity index (χ2n) is 5.73. The maximum atomic E-state index is 6.27. The minimum atomic E-state index is -0.0369. The Hall–Kier alpha value is -0.280. The first-order chi connectivity index (χ1) is 9.61. The van der Waals surface area contributed by atoms with Gasteiger partial charge in [0.2, 0.25) is 0 Å². The monoisotopic (exact) mass is 314 g/mol. The van der Waals surface area contributed by atoms with Crippen LogP contribution in [0.25, 0.3) is 0 Å². The molecular formula is C16H24Cl2N2. The SMILES string of the molecule is CCC1CCN(CCC(N)c2cccc(Cl)c2Cl)CC1. The van der Waals surface area contributed by atoms with Gasteiger partial charge in [-0.1, -0.05) is 48.7 Å². The standard InChI is InChI=1S/C16H24Cl2N2/c1-2-12-6-9-20(10-7-12)11-8-15(19)13-4-3-5-14(17)16(13)18/h3-5,12,15H,2,6-11,19H2,1H3. The molecule has 1 atom stereocenters. The Morgan fingerprint density at radius 3 is 2.65 bits per heavy atom. The fraction of sp³-hybridized carbons (Fsp3) is 0.625. The van der Waals surface area contributed by atoms with Gasteiger partial charge in [-0.25, -0.2) is 0 Å². The molecule has 112 valence electrons. The Bertz CT molecular complexity index is 428. The molecule has 1 fully saturated rings. The second kappa shape index (κ2) is 7.65. The third kappa shape index (κ3) is 4.11. The summed E-state index contributed by atoms with van der Waals surface area (Å²) >= 11 is 12.3. The fourth-order valence-electron chi connectivity index (χ4n) is 2.90. The lowest BCUT2D eigenvalue weighted by molar-refractivity contribution is 0.177. The van der Waals surface area contributed by atoms with Crippen LogP contribution in [0.3, 0.4) is 0 Å². The van der Waals surface area contributed by atoms with E-state index in [0.29, 0.717) is 10.0 Å². The highest BCUT2D eigenvalue weighted by Crippen LogP contribution is 2.30. The topological polar surface area (TPSA) is 29.3 Å². The molecule has 4 heteroatoms. The maximum Gasteiger partial charge on any atom is 0.0640 e. The zero-order chi connectivity index (χ0) is 14.5. The van der Waals surface area contributed by atoms with Gasteiger partial charge in [-0.3, -0.25) is 0 Å². The lowest BCUT2D eigenvalue weighted by atomic mass is 9.94. The molecule has 1 aliphatic rings. The lowest BCUT2D eigenvalue weighted by Crippen LogP contribution is -2.35. The molecule has 2 rings (SSSR count). The van der Waals surface area contributed by atoms with Crippen LogP contribution in [-0.4, -0.2) is 24.5 Å². The number of nitrogens with two attached hydrogens (primary N) is 1. The van der Waals surface area contributed by atoms with E-state index in [1.165, 1.54) is 32.4 Å². The van der Waals surface area contributed by atoms with Gasteiger partial charge in [-0.2, -0.15) is 0 Å². The second-order valence-corrected chi connectivity index (χ2v) is 6.52. The lowest BCUT2D eigenvalue weighted by Gasteiger charge is -2.32. The number of rotatable bonds is 5. The summed E-state index contributed by atoms with van der Waals surface area (Å²) in [6.45, 7) is 5.74. The van der Waals surface area contributed by atoms with Gasteiger partial charge in [0, 0.05) is 6.04 Å². The highest BCUT2D eigenvalue weighted by atomic mass is 35.5. The average molecular weight is 315 g/mol. The molecule has 1 heterocycles. The number of benzene rings is 1. The van der Waals surface area contributed by atoms with E-state index in [4.69, 9.17) is 28.9 Å². The van der Waals surface area contributed by atoms with Crippen molar-refractivity contribution in [3.05, 3.63) is 33.8 Å². The summed E-state index contributed by atoms with van der Waals surface area (Å²) in [6, 6.07) is 5.65. The van der Waals surface area contributed by atoms with Crippen LogP contribution in [0.2, 0.25) is 10.0 Å². The summed E-state index contributed by atoms with van der Waals surface area (Å²) < 4.78 is 0. The molecule has 0 saturated carbocycles. The van der Waals surface area contributed by atoms with Crippen LogP contribution in [0, 0.1) is 5.92 Å². The molecule has 0 amide bonds. The van der Waals surface area contributed by atoms with Crippen LogP contribution in [0.1, 0.15) is 44.2 Å². The largest absolute Gasteiger partial charge is 0.324 e. The summed E-state index contributed by atoms with van der Waals surface area (Å²) in [6.07, 6.45) is 4.88. The molecule has 1 saturated heterocycles. The van der Waals surface area contributed by atoms with Gasteiger partial charge in [0.25, 0.3) is 0 Å². The van der Waals surface area contributed by atoms with E-state index >= 15 is 0 Å². The zero-order valence-corrected chi connectivity index (χ0v) is 13.6. The van der Waals surface area contributed by atoms with E-state index in [2.05, 4.69) is 11.8 Å². The van der Waals surface area contributed by atoms with Crippen molar-refractivity contribution in [2.45, 2.75) is 38.6 Å². The van der Waals surface area contributed by atoms with Crippen molar-refractivity contribution in [2.75, 3.05) is 19.6 Å². The number of hydrogen-bond donors (Lipinski definition) is 1. The Labute approximate surface area is 132 Å². The third-order valence-corrected chi connectivity index (χ3v) is 5.26. The van der Waals surface area contributed by atoms with Crippen LogP contribution in [0.4, 0.5) is 0 Å². The normalized spacial score (nSPS) is 19.2. The van der Waals surface area contributed by atoms with Crippen LogP contribution in [-0.2, 0) is 0 Å². The smallest absolute Gasteiger partial charge is 0.0640 e. The number of hydrogen-bond acceptors (Lipinski definition) is 2.